The molecule has 0 unspecified atom stereocenters. The Kier molecular flexibility index (Phi) is 5.35. The summed E-state index contributed by atoms with van der Waals surface area (Å²) in [6, 6.07) is 7.59. The fourth-order valence-electron chi connectivity index (χ4n) is 4.30. The van der Waals surface area contributed by atoms with Crippen LogP contribution in [0.5, 0.6) is 0 Å². The lowest BCUT2D eigenvalue weighted by molar-refractivity contribution is -0.134. The molecule has 3 heterocycles. The SMILES string of the molecule is O=C(CN1C(=O)CN=C(c2ccc(Cl)cc2)c2c1sc1c2CCC1)N1CCOCC1. The van der Waals surface area contributed by atoms with Gasteiger partial charge in [0.25, 0.3) is 0 Å². The Morgan fingerprint density at radius 1 is 1.17 bits per heavy atom. The Labute approximate surface area is 184 Å². The topological polar surface area (TPSA) is 62.2 Å². The number of thiophene rings is 1. The van der Waals surface area contributed by atoms with E-state index in [1.807, 2.05) is 24.3 Å². The molecule has 6 nitrogen and oxygen atoms in total. The number of hydrogen-bond acceptors (Lipinski definition) is 5. The summed E-state index contributed by atoms with van der Waals surface area (Å²) in [5.41, 5.74) is 4.08. The van der Waals surface area contributed by atoms with Crippen molar-refractivity contribution in [3.63, 3.8) is 0 Å². The smallest absolute Gasteiger partial charge is 0.249 e. The molecule has 0 spiro atoms. The van der Waals surface area contributed by atoms with Gasteiger partial charge in [0.05, 0.1) is 18.9 Å². The molecule has 0 saturated carbocycles. The van der Waals surface area contributed by atoms with Crippen molar-refractivity contribution in [1.29, 1.82) is 0 Å². The number of carbonyl (C=O) groups is 2. The minimum Gasteiger partial charge on any atom is -0.378 e. The number of hydrogen-bond donors (Lipinski definition) is 0. The highest BCUT2D eigenvalue weighted by Crippen LogP contribution is 2.43. The van der Waals surface area contributed by atoms with Crippen LogP contribution >= 0.6 is 22.9 Å². The van der Waals surface area contributed by atoms with Gasteiger partial charge in [0.2, 0.25) is 11.8 Å². The van der Waals surface area contributed by atoms with E-state index in [9.17, 15) is 9.59 Å². The normalized spacial score (nSPS) is 18.7. The molecule has 156 valence electrons. The molecule has 0 bridgehead atoms. The van der Waals surface area contributed by atoms with Gasteiger partial charge in [-0.3, -0.25) is 19.5 Å². The molecule has 2 aliphatic heterocycles. The number of nitrogens with zero attached hydrogens (tertiary/aromatic N) is 3. The van der Waals surface area contributed by atoms with Crippen LogP contribution in [0.2, 0.25) is 5.02 Å². The third-order valence-corrected chi connectivity index (χ3v) is 7.40. The maximum Gasteiger partial charge on any atom is 0.249 e. The predicted octanol–water partition coefficient (Wildman–Crippen LogP) is 2.93. The highest BCUT2D eigenvalue weighted by atomic mass is 35.5. The zero-order valence-corrected chi connectivity index (χ0v) is 18.1. The molecule has 1 fully saturated rings. The number of morpholine rings is 1. The van der Waals surface area contributed by atoms with Gasteiger partial charge in [0.1, 0.15) is 18.1 Å². The summed E-state index contributed by atoms with van der Waals surface area (Å²) in [5, 5.41) is 1.52. The Hall–Kier alpha value is -2.22. The molecule has 0 radical (unpaired) electrons. The second-order valence-electron chi connectivity index (χ2n) is 7.68. The van der Waals surface area contributed by atoms with E-state index in [1.165, 1.54) is 10.4 Å². The molecule has 1 aromatic carbocycles. The number of rotatable bonds is 3. The standard InChI is InChI=1S/C22H22ClN3O3S/c23-15-6-4-14(5-7-15)21-20-16-2-1-3-17(16)30-22(20)26(18(27)12-24-21)13-19(28)25-8-10-29-11-9-25/h4-7H,1-3,8-13H2. The average molecular weight is 444 g/mol. The Bertz CT molecular complexity index is 1020. The maximum atomic E-state index is 13.1. The van der Waals surface area contributed by atoms with Crippen molar-refractivity contribution in [2.75, 3.05) is 44.3 Å². The molecular formula is C22H22ClN3O3S. The van der Waals surface area contributed by atoms with E-state index in [2.05, 4.69) is 0 Å². The third-order valence-electron chi connectivity index (χ3n) is 5.83. The molecule has 1 saturated heterocycles. The Morgan fingerprint density at radius 2 is 1.93 bits per heavy atom. The van der Waals surface area contributed by atoms with Gasteiger partial charge in [-0.15, -0.1) is 11.3 Å². The van der Waals surface area contributed by atoms with E-state index in [4.69, 9.17) is 21.3 Å². The minimum absolute atomic E-state index is 0.0323. The Morgan fingerprint density at radius 3 is 2.70 bits per heavy atom. The highest BCUT2D eigenvalue weighted by molar-refractivity contribution is 7.17. The number of aliphatic imine (C=N–C) groups is 1. The average Bonchev–Trinajstić information content (AvgIpc) is 3.32. The first-order valence-electron chi connectivity index (χ1n) is 10.2. The van der Waals surface area contributed by atoms with Gasteiger partial charge < -0.3 is 9.64 Å². The molecule has 8 heteroatoms. The van der Waals surface area contributed by atoms with Gasteiger partial charge in [-0.2, -0.15) is 0 Å². The van der Waals surface area contributed by atoms with Crippen LogP contribution in [0.25, 0.3) is 0 Å². The summed E-state index contributed by atoms with van der Waals surface area (Å²) in [4.78, 5) is 35.4. The number of amides is 2. The van der Waals surface area contributed by atoms with Crippen molar-refractivity contribution < 1.29 is 14.3 Å². The molecule has 2 aromatic rings. The first-order chi connectivity index (χ1) is 14.6. The van der Waals surface area contributed by atoms with E-state index in [-0.39, 0.29) is 24.9 Å². The van der Waals surface area contributed by atoms with Crippen molar-refractivity contribution in [2.45, 2.75) is 19.3 Å². The molecule has 2 amide bonds. The highest BCUT2D eigenvalue weighted by Gasteiger charge is 2.34. The van der Waals surface area contributed by atoms with E-state index in [1.54, 1.807) is 21.1 Å². The molecule has 5 rings (SSSR count). The summed E-state index contributed by atoms with van der Waals surface area (Å²) in [7, 11) is 0. The molecule has 1 aromatic heterocycles. The number of ether oxygens (including phenoxy) is 1. The van der Waals surface area contributed by atoms with E-state index in [0.29, 0.717) is 31.3 Å². The van der Waals surface area contributed by atoms with Gasteiger partial charge in [-0.05, 0) is 37.0 Å². The zero-order chi connectivity index (χ0) is 20.7. The van der Waals surface area contributed by atoms with Crippen molar-refractivity contribution in [3.8, 4) is 0 Å². The molecule has 3 aliphatic rings. The summed E-state index contributed by atoms with van der Waals surface area (Å²) in [5.74, 6) is -0.178. The van der Waals surface area contributed by atoms with E-state index in [0.717, 1.165) is 41.1 Å². The van der Waals surface area contributed by atoms with Gasteiger partial charge in [0.15, 0.2) is 0 Å². The third kappa shape index (κ3) is 3.55. The number of carbonyl (C=O) groups excluding carboxylic acids is 2. The quantitative estimate of drug-likeness (QED) is 0.732. The summed E-state index contributed by atoms with van der Waals surface area (Å²) < 4.78 is 5.35. The van der Waals surface area contributed by atoms with Crippen LogP contribution in [0.15, 0.2) is 29.3 Å². The summed E-state index contributed by atoms with van der Waals surface area (Å²) in [6.45, 7) is 2.31. The fourth-order valence-corrected chi connectivity index (χ4v) is 5.83. The zero-order valence-electron chi connectivity index (χ0n) is 16.5. The van der Waals surface area contributed by atoms with Crippen LogP contribution in [0, 0.1) is 0 Å². The number of aryl methyl sites for hydroxylation is 1. The van der Waals surface area contributed by atoms with E-state index < -0.39 is 0 Å². The monoisotopic (exact) mass is 443 g/mol. The molecule has 0 N–H and O–H groups in total. The number of anilines is 1. The number of benzene rings is 1. The molecule has 30 heavy (non-hydrogen) atoms. The molecule has 0 atom stereocenters. The van der Waals surface area contributed by atoms with Crippen LogP contribution in [0.4, 0.5) is 5.00 Å². The van der Waals surface area contributed by atoms with Gasteiger partial charge in [0, 0.05) is 34.1 Å². The van der Waals surface area contributed by atoms with Gasteiger partial charge >= 0.3 is 0 Å². The van der Waals surface area contributed by atoms with Crippen molar-refractivity contribution in [3.05, 3.63) is 50.9 Å². The first kappa shape index (κ1) is 19.7. The molecule has 1 aliphatic carbocycles. The van der Waals surface area contributed by atoms with Crippen molar-refractivity contribution in [2.24, 2.45) is 4.99 Å². The van der Waals surface area contributed by atoms with Crippen LogP contribution < -0.4 is 4.90 Å². The first-order valence-corrected chi connectivity index (χ1v) is 11.4. The van der Waals surface area contributed by atoms with E-state index >= 15 is 0 Å². The summed E-state index contributed by atoms with van der Waals surface area (Å²) >= 11 is 7.72. The van der Waals surface area contributed by atoms with Gasteiger partial charge in [-0.25, -0.2) is 0 Å². The lowest BCUT2D eigenvalue weighted by atomic mass is 9.99. The van der Waals surface area contributed by atoms with Crippen molar-refractivity contribution in [1.82, 2.24) is 4.90 Å². The lowest BCUT2D eigenvalue weighted by Crippen LogP contribution is -2.47. The molecular weight excluding hydrogens is 422 g/mol. The van der Waals surface area contributed by atoms with Crippen LogP contribution in [0.3, 0.4) is 0 Å². The van der Waals surface area contributed by atoms with Crippen molar-refractivity contribution >= 4 is 45.5 Å². The van der Waals surface area contributed by atoms with Gasteiger partial charge in [-0.1, -0.05) is 23.7 Å². The van der Waals surface area contributed by atoms with Crippen LogP contribution in [0.1, 0.15) is 28.0 Å². The Balaban J connectivity index is 1.54. The second-order valence-corrected chi connectivity index (χ2v) is 9.20. The number of halogens is 1. The summed E-state index contributed by atoms with van der Waals surface area (Å²) in [6.07, 6.45) is 3.11. The maximum absolute atomic E-state index is 13.1. The van der Waals surface area contributed by atoms with Crippen LogP contribution in [-0.2, 0) is 27.2 Å². The minimum atomic E-state index is -0.137. The number of fused-ring (bicyclic) bond motifs is 3. The second kappa shape index (κ2) is 8.13. The fraction of sp³-hybridized carbons (Fsp3) is 0.409. The predicted molar refractivity (Wildman–Crippen MR) is 118 cm³/mol. The van der Waals surface area contributed by atoms with Crippen LogP contribution in [-0.4, -0.2) is 61.8 Å². The lowest BCUT2D eigenvalue weighted by Gasteiger charge is -2.29. The largest absolute Gasteiger partial charge is 0.378 e.